The number of rotatable bonds is 8. The lowest BCUT2D eigenvalue weighted by Gasteiger charge is -2.16. The Morgan fingerprint density at radius 3 is 1.00 bits per heavy atom. The van der Waals surface area contributed by atoms with Gasteiger partial charge >= 0.3 is 0 Å². The molecule has 1 aromatic heterocycles. The summed E-state index contributed by atoms with van der Waals surface area (Å²) in [6.07, 6.45) is 0. The van der Waals surface area contributed by atoms with Gasteiger partial charge in [-0.2, -0.15) is 5.26 Å². The quantitative estimate of drug-likeness (QED) is 0.153. The fourth-order valence-corrected chi connectivity index (χ4v) is 8.89. The van der Waals surface area contributed by atoms with Crippen molar-refractivity contribution in [2.45, 2.75) is 0 Å². The average molecular weight is 802 g/mol. The van der Waals surface area contributed by atoms with Crippen LogP contribution in [0.4, 0.5) is 0 Å². The predicted molar refractivity (Wildman–Crippen MR) is 262 cm³/mol. The molecule has 10 aromatic carbocycles. The second-order valence-electron chi connectivity index (χ2n) is 16.1. The summed E-state index contributed by atoms with van der Waals surface area (Å²) in [4.78, 5) is 0. The van der Waals surface area contributed by atoms with Gasteiger partial charge in [0.25, 0.3) is 0 Å². The number of nitrogens with zero attached hydrogens (tertiary/aromatic N) is 1. The number of furan rings is 1. The predicted octanol–water partition coefficient (Wildman–Crippen LogP) is 16.8. The topological polar surface area (TPSA) is 36.9 Å². The first-order chi connectivity index (χ1) is 31.1. The molecule has 11 rings (SSSR count). The van der Waals surface area contributed by atoms with Crippen molar-refractivity contribution < 1.29 is 4.42 Å². The molecule has 2 heteroatoms. The van der Waals surface area contributed by atoms with Crippen molar-refractivity contribution in [3.63, 3.8) is 0 Å². The first-order valence-corrected chi connectivity index (χ1v) is 21.3. The molecule has 1 heterocycles. The molecule has 294 valence electrons. The van der Waals surface area contributed by atoms with Crippen molar-refractivity contribution in [2.24, 2.45) is 0 Å². The van der Waals surface area contributed by atoms with Crippen LogP contribution in [0.15, 0.2) is 241 Å². The summed E-state index contributed by atoms with van der Waals surface area (Å²) in [5.74, 6) is 0. The van der Waals surface area contributed by atoms with E-state index in [9.17, 15) is 5.26 Å². The van der Waals surface area contributed by atoms with Gasteiger partial charge in [-0.1, -0.05) is 158 Å². The number of hydrogen-bond acceptors (Lipinski definition) is 2. The van der Waals surface area contributed by atoms with Crippen LogP contribution in [0.25, 0.3) is 111 Å². The average Bonchev–Trinajstić information content (AvgIpc) is 3.76. The Morgan fingerprint density at radius 2 is 0.587 bits per heavy atom. The van der Waals surface area contributed by atoms with E-state index in [0.717, 1.165) is 111 Å². The molecule has 11 aromatic rings. The van der Waals surface area contributed by atoms with E-state index in [1.165, 1.54) is 0 Å². The summed E-state index contributed by atoms with van der Waals surface area (Å²) in [7, 11) is 0. The number of benzene rings is 10. The minimum Gasteiger partial charge on any atom is -0.455 e. The zero-order valence-corrected chi connectivity index (χ0v) is 34.4. The lowest BCUT2D eigenvalue weighted by Crippen LogP contribution is -1.91. The van der Waals surface area contributed by atoms with Crippen molar-refractivity contribution in [1.29, 1.82) is 5.26 Å². The van der Waals surface area contributed by atoms with Gasteiger partial charge in [0, 0.05) is 16.3 Å². The van der Waals surface area contributed by atoms with E-state index >= 15 is 0 Å². The van der Waals surface area contributed by atoms with Gasteiger partial charge in [-0.3, -0.25) is 0 Å². The summed E-state index contributed by atoms with van der Waals surface area (Å²) in [6, 6.07) is 86.2. The van der Waals surface area contributed by atoms with E-state index in [1.807, 2.05) is 30.3 Å². The van der Waals surface area contributed by atoms with Gasteiger partial charge in [-0.15, -0.1) is 0 Å². The van der Waals surface area contributed by atoms with Crippen molar-refractivity contribution in [3.8, 4) is 95.1 Å². The molecule has 0 aliphatic carbocycles. The van der Waals surface area contributed by atoms with Crippen LogP contribution in [0.5, 0.6) is 0 Å². The Kier molecular flexibility index (Phi) is 9.62. The number of fused-ring (bicyclic) bond motifs is 3. The van der Waals surface area contributed by atoms with E-state index in [4.69, 9.17) is 4.42 Å². The molecule has 2 nitrogen and oxygen atoms in total. The second kappa shape index (κ2) is 16.2. The van der Waals surface area contributed by atoms with Crippen LogP contribution in [0.3, 0.4) is 0 Å². The molecule has 0 fully saturated rings. The number of nitriles is 1. The zero-order valence-electron chi connectivity index (χ0n) is 34.4. The normalized spacial score (nSPS) is 11.2. The fourth-order valence-electron chi connectivity index (χ4n) is 8.89. The summed E-state index contributed by atoms with van der Waals surface area (Å²) in [5.41, 5.74) is 19.6. The van der Waals surface area contributed by atoms with Crippen LogP contribution >= 0.6 is 0 Å². The van der Waals surface area contributed by atoms with Crippen molar-refractivity contribution >= 4 is 21.9 Å². The zero-order chi connectivity index (χ0) is 42.1. The van der Waals surface area contributed by atoms with Gasteiger partial charge in [0.15, 0.2) is 0 Å². The molecule has 0 amide bonds. The summed E-state index contributed by atoms with van der Waals surface area (Å²) in [6.45, 7) is 0. The Balaban J connectivity index is 1.16. The molecule has 63 heavy (non-hydrogen) atoms. The van der Waals surface area contributed by atoms with Crippen molar-refractivity contribution in [1.82, 2.24) is 0 Å². The number of para-hydroxylation sites is 2. The van der Waals surface area contributed by atoms with Crippen LogP contribution in [-0.4, -0.2) is 0 Å². The highest BCUT2D eigenvalue weighted by Gasteiger charge is 2.17. The van der Waals surface area contributed by atoms with Gasteiger partial charge in [-0.25, -0.2) is 0 Å². The maximum absolute atomic E-state index is 10.6. The summed E-state index contributed by atoms with van der Waals surface area (Å²) < 4.78 is 6.52. The molecule has 0 aliphatic rings. The molecule has 0 radical (unpaired) electrons. The van der Waals surface area contributed by atoms with Gasteiger partial charge in [0.05, 0.1) is 11.6 Å². The molecule has 0 N–H and O–H groups in total. The first kappa shape index (κ1) is 37.5. The highest BCUT2D eigenvalue weighted by atomic mass is 16.3. The van der Waals surface area contributed by atoms with Crippen LogP contribution in [-0.2, 0) is 0 Å². The molecule has 0 spiro atoms. The SMILES string of the molecule is N#Cc1cc(-c2cc(-c3cc(-c4ccccc4)cc(-c4ccccc4)c3)cc(-c3cc(-c4ccccc4)cc(-c4ccccc4)c3)c2)cc(-c2cccc3c2oc2ccccc23)c1. The smallest absolute Gasteiger partial charge is 0.143 e. The van der Waals surface area contributed by atoms with Crippen LogP contribution in [0, 0.1) is 11.3 Å². The van der Waals surface area contributed by atoms with Gasteiger partial charge in [0.2, 0.25) is 0 Å². The van der Waals surface area contributed by atoms with E-state index < -0.39 is 0 Å². The standard InChI is InChI=1S/C61H39NO/c62-40-41-28-46(39-56(29-41)57-25-15-26-59-58-24-13-14-27-60(58)63-61(57)59)51-36-54(52-32-47(42-16-5-1-6-17-42)30-48(33-52)43-18-7-2-8-19-43)38-55(37-51)53-34-49(44-20-9-3-10-21-44)31-50(35-53)45-22-11-4-12-23-45/h1-39H. The molecule has 0 atom stereocenters. The molecular formula is C61H39NO. The Hall–Kier alpha value is -8.51. The van der Waals surface area contributed by atoms with E-state index in [-0.39, 0.29) is 0 Å². The van der Waals surface area contributed by atoms with Crippen molar-refractivity contribution in [2.75, 3.05) is 0 Å². The molecule has 0 unspecified atom stereocenters. The van der Waals surface area contributed by atoms with Gasteiger partial charge in [-0.05, 0) is 162 Å². The van der Waals surface area contributed by atoms with E-state index in [0.29, 0.717) is 5.56 Å². The highest BCUT2D eigenvalue weighted by Crippen LogP contribution is 2.42. The fraction of sp³-hybridized carbons (Fsp3) is 0. The van der Waals surface area contributed by atoms with Crippen LogP contribution < -0.4 is 0 Å². The second-order valence-corrected chi connectivity index (χ2v) is 16.1. The molecule has 0 saturated carbocycles. The molecule has 0 aliphatic heterocycles. The third-order valence-electron chi connectivity index (χ3n) is 12.0. The monoisotopic (exact) mass is 801 g/mol. The van der Waals surface area contributed by atoms with Crippen LogP contribution in [0.1, 0.15) is 5.56 Å². The van der Waals surface area contributed by atoms with Crippen LogP contribution in [0.2, 0.25) is 0 Å². The first-order valence-electron chi connectivity index (χ1n) is 21.3. The minimum atomic E-state index is 0.581. The summed E-state index contributed by atoms with van der Waals surface area (Å²) in [5, 5.41) is 12.7. The van der Waals surface area contributed by atoms with E-state index in [1.54, 1.807) is 0 Å². The minimum absolute atomic E-state index is 0.581. The maximum atomic E-state index is 10.6. The Morgan fingerprint density at radius 1 is 0.270 bits per heavy atom. The lowest BCUT2D eigenvalue weighted by molar-refractivity contribution is 0.670. The highest BCUT2D eigenvalue weighted by molar-refractivity contribution is 6.09. The third kappa shape index (κ3) is 7.39. The van der Waals surface area contributed by atoms with Gasteiger partial charge in [0.1, 0.15) is 11.2 Å². The Bertz CT molecular complexity index is 3230. The third-order valence-corrected chi connectivity index (χ3v) is 12.0. The van der Waals surface area contributed by atoms with E-state index in [2.05, 4.69) is 212 Å². The largest absolute Gasteiger partial charge is 0.455 e. The Labute approximate surface area is 367 Å². The van der Waals surface area contributed by atoms with Gasteiger partial charge < -0.3 is 4.42 Å². The lowest BCUT2D eigenvalue weighted by atomic mass is 9.87. The molecule has 0 bridgehead atoms. The van der Waals surface area contributed by atoms with Crippen molar-refractivity contribution in [3.05, 3.63) is 242 Å². The number of hydrogen-bond donors (Lipinski definition) is 0. The molecular weight excluding hydrogens is 763 g/mol. The molecule has 0 saturated heterocycles. The maximum Gasteiger partial charge on any atom is 0.143 e. The summed E-state index contributed by atoms with van der Waals surface area (Å²) >= 11 is 0.